The van der Waals surface area contributed by atoms with Crippen LogP contribution in [0.25, 0.3) is 11.0 Å². The first-order chi connectivity index (χ1) is 11.4. The van der Waals surface area contributed by atoms with E-state index in [-0.39, 0.29) is 29.4 Å². The standard InChI is InChI=1S/C15H18F2N4O2S/c1-3-18-13(23)9(2)19-12(22)8-21-11-7-5-4-6-10(11)20-15(21)24-14(16)17/h4-7,9,14H,3,8H2,1-2H3,(H,18,23)(H,19,22)/t9-/m0/s1. The van der Waals surface area contributed by atoms with Crippen molar-refractivity contribution >= 4 is 34.6 Å². The third kappa shape index (κ3) is 4.44. The number of hydrogen-bond donors (Lipinski definition) is 2. The molecule has 6 nitrogen and oxygen atoms in total. The van der Waals surface area contributed by atoms with E-state index in [9.17, 15) is 18.4 Å². The molecule has 2 N–H and O–H groups in total. The van der Waals surface area contributed by atoms with E-state index in [0.717, 1.165) is 0 Å². The van der Waals surface area contributed by atoms with Crippen LogP contribution in [0.4, 0.5) is 8.78 Å². The first-order valence-electron chi connectivity index (χ1n) is 7.39. The minimum atomic E-state index is -2.64. The third-order valence-corrected chi connectivity index (χ3v) is 3.94. The zero-order valence-electron chi connectivity index (χ0n) is 13.3. The van der Waals surface area contributed by atoms with E-state index in [1.54, 1.807) is 38.1 Å². The molecule has 0 saturated heterocycles. The minimum Gasteiger partial charge on any atom is -0.355 e. The lowest BCUT2D eigenvalue weighted by atomic mass is 10.3. The smallest absolute Gasteiger partial charge is 0.291 e. The number of fused-ring (bicyclic) bond motifs is 1. The van der Waals surface area contributed by atoms with E-state index in [2.05, 4.69) is 15.6 Å². The van der Waals surface area contributed by atoms with Crippen LogP contribution in [0.2, 0.25) is 0 Å². The van der Waals surface area contributed by atoms with Gasteiger partial charge in [0.1, 0.15) is 12.6 Å². The molecular formula is C15H18F2N4O2S. The number of aromatic nitrogens is 2. The van der Waals surface area contributed by atoms with Crippen molar-refractivity contribution in [2.24, 2.45) is 0 Å². The molecule has 0 spiro atoms. The van der Waals surface area contributed by atoms with Gasteiger partial charge in [-0.2, -0.15) is 8.78 Å². The van der Waals surface area contributed by atoms with Gasteiger partial charge in [-0.15, -0.1) is 0 Å². The van der Waals surface area contributed by atoms with Crippen LogP contribution < -0.4 is 10.6 Å². The molecule has 0 bridgehead atoms. The number of likely N-dealkylation sites (N-methyl/N-ethyl adjacent to an activating group) is 1. The fourth-order valence-corrected chi connectivity index (χ4v) is 2.80. The Bertz CT molecular complexity index is 735. The zero-order valence-corrected chi connectivity index (χ0v) is 14.1. The van der Waals surface area contributed by atoms with Gasteiger partial charge < -0.3 is 15.2 Å². The zero-order chi connectivity index (χ0) is 17.7. The first kappa shape index (κ1) is 18.2. The minimum absolute atomic E-state index is 0.0620. The molecule has 130 valence electrons. The molecule has 0 fully saturated rings. The van der Waals surface area contributed by atoms with E-state index in [0.29, 0.717) is 17.6 Å². The average molecular weight is 356 g/mol. The van der Waals surface area contributed by atoms with Crippen LogP contribution in [0.15, 0.2) is 29.4 Å². The number of nitrogens with one attached hydrogen (secondary N) is 2. The lowest BCUT2D eigenvalue weighted by Gasteiger charge is -2.14. The van der Waals surface area contributed by atoms with Crippen LogP contribution in [-0.2, 0) is 16.1 Å². The topological polar surface area (TPSA) is 76.0 Å². The summed E-state index contributed by atoms with van der Waals surface area (Å²) in [5.74, 6) is -3.39. The number of hydrogen-bond acceptors (Lipinski definition) is 4. The van der Waals surface area contributed by atoms with Crippen LogP contribution in [0.5, 0.6) is 0 Å². The maximum atomic E-state index is 12.7. The summed E-state index contributed by atoms with van der Waals surface area (Å²) < 4.78 is 26.9. The normalized spacial score (nSPS) is 12.4. The van der Waals surface area contributed by atoms with Crippen molar-refractivity contribution in [2.45, 2.75) is 37.3 Å². The number of amides is 2. The molecule has 1 aromatic heterocycles. The Kier molecular flexibility index (Phi) is 6.13. The molecule has 0 saturated carbocycles. The SMILES string of the molecule is CCNC(=O)[C@H](C)NC(=O)Cn1c(SC(F)F)nc2ccccc21. The monoisotopic (exact) mass is 356 g/mol. The molecule has 0 aliphatic heterocycles. The second-order valence-electron chi connectivity index (χ2n) is 5.03. The predicted molar refractivity (Wildman–Crippen MR) is 87.9 cm³/mol. The summed E-state index contributed by atoms with van der Waals surface area (Å²) in [5.41, 5.74) is 1.12. The largest absolute Gasteiger partial charge is 0.355 e. The summed E-state index contributed by atoms with van der Waals surface area (Å²) >= 11 is 0.285. The third-order valence-electron chi connectivity index (χ3n) is 3.24. The van der Waals surface area contributed by atoms with Gasteiger partial charge >= 0.3 is 0 Å². The van der Waals surface area contributed by atoms with Gasteiger partial charge in [0.05, 0.1) is 11.0 Å². The number of nitrogens with zero attached hydrogens (tertiary/aromatic N) is 2. The highest BCUT2D eigenvalue weighted by atomic mass is 32.2. The van der Waals surface area contributed by atoms with Crippen molar-refractivity contribution in [3.63, 3.8) is 0 Å². The predicted octanol–water partition coefficient (Wildman–Crippen LogP) is 1.99. The van der Waals surface area contributed by atoms with Gasteiger partial charge in [0, 0.05) is 6.54 Å². The fraction of sp³-hybridized carbons (Fsp3) is 0.400. The number of para-hydroxylation sites is 2. The molecule has 0 aliphatic rings. The summed E-state index contributed by atoms with van der Waals surface area (Å²) in [7, 11) is 0. The molecule has 2 aromatic rings. The highest BCUT2D eigenvalue weighted by Crippen LogP contribution is 2.28. The molecule has 9 heteroatoms. The lowest BCUT2D eigenvalue weighted by Crippen LogP contribution is -2.45. The van der Waals surface area contributed by atoms with E-state index >= 15 is 0 Å². The highest BCUT2D eigenvalue weighted by molar-refractivity contribution is 7.99. The molecule has 0 radical (unpaired) electrons. The summed E-state index contributed by atoms with van der Waals surface area (Å²) in [6, 6.07) is 6.17. The molecule has 1 atom stereocenters. The number of carbonyl (C=O) groups excluding carboxylic acids is 2. The van der Waals surface area contributed by atoms with Crippen LogP contribution >= 0.6 is 11.8 Å². The van der Waals surface area contributed by atoms with Crippen molar-refractivity contribution in [2.75, 3.05) is 6.54 Å². The van der Waals surface area contributed by atoms with Crippen LogP contribution in [0.3, 0.4) is 0 Å². The Morgan fingerprint density at radius 3 is 2.71 bits per heavy atom. The molecule has 0 unspecified atom stereocenters. The number of imidazole rings is 1. The van der Waals surface area contributed by atoms with Crippen molar-refractivity contribution in [3.8, 4) is 0 Å². The Morgan fingerprint density at radius 2 is 2.04 bits per heavy atom. The van der Waals surface area contributed by atoms with Gasteiger partial charge in [0.15, 0.2) is 5.16 Å². The number of alkyl halides is 2. The molecule has 24 heavy (non-hydrogen) atoms. The lowest BCUT2D eigenvalue weighted by molar-refractivity contribution is -0.128. The summed E-state index contributed by atoms with van der Waals surface area (Å²) in [5, 5.41) is 5.21. The van der Waals surface area contributed by atoms with Gasteiger partial charge in [-0.3, -0.25) is 9.59 Å². The number of thioether (sulfide) groups is 1. The number of carbonyl (C=O) groups is 2. The fourth-order valence-electron chi connectivity index (χ4n) is 2.20. The average Bonchev–Trinajstić information content (AvgIpc) is 2.84. The number of benzene rings is 1. The Balaban J connectivity index is 2.18. The van der Waals surface area contributed by atoms with E-state index in [4.69, 9.17) is 0 Å². The summed E-state index contributed by atoms with van der Waals surface area (Å²) in [4.78, 5) is 28.0. The maximum absolute atomic E-state index is 12.7. The molecule has 1 aromatic carbocycles. The summed E-state index contributed by atoms with van der Waals surface area (Å²) in [6.07, 6.45) is 0. The molecule has 2 rings (SSSR count). The van der Waals surface area contributed by atoms with E-state index in [1.807, 2.05) is 0 Å². The maximum Gasteiger partial charge on any atom is 0.291 e. The second kappa shape index (κ2) is 8.09. The van der Waals surface area contributed by atoms with Gasteiger partial charge in [0.25, 0.3) is 5.76 Å². The van der Waals surface area contributed by atoms with Crippen molar-refractivity contribution in [1.29, 1.82) is 0 Å². The Labute approximate surface area is 142 Å². The Morgan fingerprint density at radius 1 is 1.33 bits per heavy atom. The molecule has 2 amide bonds. The summed E-state index contributed by atoms with van der Waals surface area (Å²) in [6.45, 7) is 3.60. The van der Waals surface area contributed by atoms with Crippen molar-refractivity contribution < 1.29 is 18.4 Å². The van der Waals surface area contributed by atoms with Crippen LogP contribution in [0.1, 0.15) is 13.8 Å². The van der Waals surface area contributed by atoms with Crippen molar-refractivity contribution in [3.05, 3.63) is 24.3 Å². The van der Waals surface area contributed by atoms with E-state index in [1.165, 1.54) is 4.57 Å². The number of rotatable bonds is 7. The van der Waals surface area contributed by atoms with Gasteiger partial charge in [-0.05, 0) is 37.7 Å². The first-order valence-corrected chi connectivity index (χ1v) is 8.27. The van der Waals surface area contributed by atoms with Crippen LogP contribution in [-0.4, -0.2) is 39.7 Å². The van der Waals surface area contributed by atoms with Crippen molar-refractivity contribution in [1.82, 2.24) is 20.2 Å². The highest BCUT2D eigenvalue weighted by Gasteiger charge is 2.20. The molecule has 0 aliphatic carbocycles. The van der Waals surface area contributed by atoms with Crippen LogP contribution in [0, 0.1) is 0 Å². The number of halogens is 2. The van der Waals surface area contributed by atoms with E-state index < -0.39 is 17.7 Å². The van der Waals surface area contributed by atoms with Gasteiger partial charge in [0.2, 0.25) is 11.8 Å². The second-order valence-corrected chi connectivity index (χ2v) is 5.99. The molecular weight excluding hydrogens is 338 g/mol. The van der Waals surface area contributed by atoms with Gasteiger partial charge in [-0.25, -0.2) is 4.98 Å². The van der Waals surface area contributed by atoms with Gasteiger partial charge in [-0.1, -0.05) is 12.1 Å². The quantitative estimate of drug-likeness (QED) is 0.744. The Hall–Kier alpha value is -2.16. The molecule has 1 heterocycles.